The van der Waals surface area contributed by atoms with E-state index in [9.17, 15) is 14.4 Å². The van der Waals surface area contributed by atoms with Gasteiger partial charge in [-0.3, -0.25) is 14.4 Å². The summed E-state index contributed by atoms with van der Waals surface area (Å²) in [6.07, 6.45) is 0.666. The Balaban J connectivity index is 1.70. The van der Waals surface area contributed by atoms with Crippen LogP contribution in [0.15, 0.2) is 84.2 Å². The van der Waals surface area contributed by atoms with Gasteiger partial charge in [-0.25, -0.2) is 0 Å². The van der Waals surface area contributed by atoms with Gasteiger partial charge in [-0.05, 0) is 52.6 Å². The first-order valence-electron chi connectivity index (χ1n) is 13.3. The maximum Gasteiger partial charge on any atom is 0.254 e. The number of nitrogens with two attached hydrogens (primary N) is 1. The third kappa shape index (κ3) is 6.41. The summed E-state index contributed by atoms with van der Waals surface area (Å²) in [4.78, 5) is 44.0. The highest BCUT2D eigenvalue weighted by atomic mass is 32.1. The predicted octanol–water partition coefficient (Wildman–Crippen LogP) is 4.42. The fourth-order valence-electron chi connectivity index (χ4n) is 4.89. The number of amides is 3. The molecule has 1 aromatic heterocycles. The maximum absolute atomic E-state index is 14.2. The van der Waals surface area contributed by atoms with E-state index in [1.165, 1.54) is 9.80 Å². The van der Waals surface area contributed by atoms with E-state index in [-0.39, 0.29) is 23.8 Å². The minimum absolute atomic E-state index is 0.231. The van der Waals surface area contributed by atoms with Gasteiger partial charge in [0.15, 0.2) is 0 Å². The smallest absolute Gasteiger partial charge is 0.254 e. The molecule has 0 spiro atoms. The molecular weight excluding hydrogens is 520 g/mol. The van der Waals surface area contributed by atoms with E-state index in [2.05, 4.69) is 5.32 Å². The molecule has 4 rings (SSSR count). The number of likely N-dealkylation sites (N-methyl/N-ethyl adjacent to an activating group) is 3. The van der Waals surface area contributed by atoms with Crippen LogP contribution < -0.4 is 11.1 Å². The molecule has 3 N–H and O–H groups in total. The summed E-state index contributed by atoms with van der Waals surface area (Å²) in [5.74, 6) is -0.856. The third-order valence-corrected chi connectivity index (χ3v) is 8.36. The summed E-state index contributed by atoms with van der Waals surface area (Å²) in [6.45, 7) is 1.86. The number of fused-ring (bicyclic) bond motifs is 1. The van der Waals surface area contributed by atoms with Crippen molar-refractivity contribution in [1.82, 2.24) is 15.1 Å². The van der Waals surface area contributed by atoms with Crippen molar-refractivity contribution in [2.75, 3.05) is 21.1 Å². The monoisotopic (exact) mass is 556 g/mol. The van der Waals surface area contributed by atoms with Crippen LogP contribution >= 0.6 is 11.3 Å². The highest BCUT2D eigenvalue weighted by molar-refractivity contribution is 7.17. The molecule has 0 bridgehead atoms. The molecule has 3 aromatic carbocycles. The second-order valence-corrected chi connectivity index (χ2v) is 11.0. The van der Waals surface area contributed by atoms with Gasteiger partial charge < -0.3 is 20.9 Å². The molecule has 7 nitrogen and oxygen atoms in total. The van der Waals surface area contributed by atoms with Crippen molar-refractivity contribution in [3.05, 3.63) is 106 Å². The Labute approximate surface area is 239 Å². The van der Waals surface area contributed by atoms with Crippen molar-refractivity contribution in [3.8, 4) is 0 Å². The van der Waals surface area contributed by atoms with Crippen LogP contribution in [-0.2, 0) is 22.4 Å². The minimum Gasteiger partial charge on any atom is -0.357 e. The first-order valence-corrected chi connectivity index (χ1v) is 14.2. The molecule has 4 aromatic rings. The number of rotatable bonds is 10. The van der Waals surface area contributed by atoms with Crippen molar-refractivity contribution in [3.63, 3.8) is 0 Å². The highest BCUT2D eigenvalue weighted by Crippen LogP contribution is 2.28. The molecule has 1 heterocycles. The molecule has 0 saturated heterocycles. The van der Waals surface area contributed by atoms with Crippen LogP contribution in [0.1, 0.15) is 40.0 Å². The van der Waals surface area contributed by atoms with Gasteiger partial charge in [0.2, 0.25) is 11.8 Å². The molecule has 208 valence electrons. The largest absolute Gasteiger partial charge is 0.357 e. The van der Waals surface area contributed by atoms with Gasteiger partial charge >= 0.3 is 0 Å². The molecule has 0 aliphatic carbocycles. The highest BCUT2D eigenvalue weighted by Gasteiger charge is 2.35. The van der Waals surface area contributed by atoms with Crippen molar-refractivity contribution >= 4 is 39.1 Å². The molecule has 0 aliphatic rings. The Morgan fingerprint density at radius 2 is 1.57 bits per heavy atom. The van der Waals surface area contributed by atoms with Gasteiger partial charge in [0.05, 0.1) is 0 Å². The Morgan fingerprint density at radius 3 is 2.27 bits per heavy atom. The second kappa shape index (κ2) is 12.9. The Morgan fingerprint density at radius 1 is 0.875 bits per heavy atom. The summed E-state index contributed by atoms with van der Waals surface area (Å²) in [6, 6.07) is 23.0. The SMILES string of the molecule is CNC(=O)[C@@H](Cc1ccccc1)N(C)C(=O)[C@@H](Cc1csc2ccccc12)N(C)C(=O)c1cccc(C(C)N)c1. The van der Waals surface area contributed by atoms with Gasteiger partial charge in [-0.15, -0.1) is 11.3 Å². The average molecular weight is 557 g/mol. The lowest BCUT2D eigenvalue weighted by Crippen LogP contribution is -2.55. The van der Waals surface area contributed by atoms with Crippen LogP contribution in [0.4, 0.5) is 0 Å². The van der Waals surface area contributed by atoms with Crippen molar-refractivity contribution in [1.29, 1.82) is 0 Å². The number of hydrogen-bond donors (Lipinski definition) is 2. The normalized spacial score (nSPS) is 13.3. The van der Waals surface area contributed by atoms with Crippen LogP contribution in [0.25, 0.3) is 10.1 Å². The van der Waals surface area contributed by atoms with Crippen LogP contribution in [-0.4, -0.2) is 60.7 Å². The van der Waals surface area contributed by atoms with E-state index >= 15 is 0 Å². The molecule has 0 radical (unpaired) electrons. The average Bonchev–Trinajstić information content (AvgIpc) is 3.40. The molecular formula is C32H36N4O3S. The lowest BCUT2D eigenvalue weighted by atomic mass is 9.99. The quantitative estimate of drug-likeness (QED) is 0.302. The van der Waals surface area contributed by atoms with E-state index in [0.29, 0.717) is 18.4 Å². The number of thiophene rings is 1. The van der Waals surface area contributed by atoms with E-state index in [4.69, 9.17) is 5.73 Å². The molecule has 8 heteroatoms. The zero-order valence-electron chi connectivity index (χ0n) is 23.3. The lowest BCUT2D eigenvalue weighted by molar-refractivity contribution is -0.142. The summed E-state index contributed by atoms with van der Waals surface area (Å²) in [5.41, 5.74) is 9.28. The molecule has 3 amide bonds. The molecule has 1 unspecified atom stereocenters. The number of carbonyl (C=O) groups is 3. The first-order chi connectivity index (χ1) is 19.2. The fourth-order valence-corrected chi connectivity index (χ4v) is 5.86. The summed E-state index contributed by atoms with van der Waals surface area (Å²) in [7, 11) is 4.85. The number of nitrogens with one attached hydrogen (secondary N) is 1. The van der Waals surface area contributed by atoms with E-state index in [1.807, 2.05) is 73.0 Å². The van der Waals surface area contributed by atoms with E-state index < -0.39 is 12.1 Å². The Bertz CT molecular complexity index is 1480. The molecule has 3 atom stereocenters. The van der Waals surface area contributed by atoms with Crippen LogP contribution in [0.5, 0.6) is 0 Å². The molecule has 0 aliphatic heterocycles. The van der Waals surface area contributed by atoms with Crippen LogP contribution in [0.2, 0.25) is 0 Å². The number of nitrogens with zero attached hydrogens (tertiary/aromatic N) is 2. The van der Waals surface area contributed by atoms with Crippen molar-refractivity contribution in [2.45, 2.75) is 37.9 Å². The fraction of sp³-hybridized carbons (Fsp3) is 0.281. The summed E-state index contributed by atoms with van der Waals surface area (Å²) in [5, 5.41) is 5.80. The van der Waals surface area contributed by atoms with Gasteiger partial charge in [0.1, 0.15) is 12.1 Å². The summed E-state index contributed by atoms with van der Waals surface area (Å²) >= 11 is 1.61. The Hall–Kier alpha value is -4.01. The van der Waals surface area contributed by atoms with Crippen LogP contribution in [0.3, 0.4) is 0 Å². The van der Waals surface area contributed by atoms with Crippen molar-refractivity contribution < 1.29 is 14.4 Å². The molecule has 40 heavy (non-hydrogen) atoms. The standard InChI is InChI=1S/C32H36N4O3S/c1-21(33)23-13-10-14-24(18-23)31(38)36(4)28(19-25-20-40-29-16-9-8-15-26(25)29)32(39)35(3)27(30(37)34-2)17-22-11-6-5-7-12-22/h5-16,18,20-21,27-28H,17,19,33H2,1-4H3,(H,34,37)/t21?,27-,28-/m1/s1. The van der Waals surface area contributed by atoms with Gasteiger partial charge in [0.25, 0.3) is 5.91 Å². The zero-order chi connectivity index (χ0) is 28.8. The lowest BCUT2D eigenvalue weighted by Gasteiger charge is -2.34. The van der Waals surface area contributed by atoms with Crippen LogP contribution in [0, 0.1) is 0 Å². The Kier molecular flexibility index (Phi) is 9.34. The predicted molar refractivity (Wildman–Crippen MR) is 161 cm³/mol. The topological polar surface area (TPSA) is 95.7 Å². The minimum atomic E-state index is -0.836. The summed E-state index contributed by atoms with van der Waals surface area (Å²) < 4.78 is 1.11. The van der Waals surface area contributed by atoms with Gasteiger partial charge in [-0.2, -0.15) is 0 Å². The second-order valence-electron chi connectivity index (χ2n) is 10.1. The number of benzene rings is 3. The maximum atomic E-state index is 14.2. The molecule has 0 fully saturated rings. The van der Waals surface area contributed by atoms with E-state index in [1.54, 1.807) is 50.7 Å². The molecule has 0 saturated carbocycles. The van der Waals surface area contributed by atoms with Gasteiger partial charge in [0, 0.05) is 50.3 Å². The van der Waals surface area contributed by atoms with E-state index in [0.717, 1.165) is 26.8 Å². The number of hydrogen-bond acceptors (Lipinski definition) is 5. The third-order valence-electron chi connectivity index (χ3n) is 7.34. The number of carbonyl (C=O) groups excluding carboxylic acids is 3. The zero-order valence-corrected chi connectivity index (χ0v) is 24.2. The first kappa shape index (κ1) is 29.0. The van der Waals surface area contributed by atoms with Crippen molar-refractivity contribution in [2.24, 2.45) is 5.73 Å². The van der Waals surface area contributed by atoms with Gasteiger partial charge in [-0.1, -0.05) is 60.7 Å².